The Kier molecular flexibility index (Phi) is 9.69. The van der Waals surface area contributed by atoms with Crippen LogP contribution in [0.1, 0.15) is 59.8 Å². The van der Waals surface area contributed by atoms with Crippen molar-refractivity contribution in [3.05, 3.63) is 11.6 Å². The Bertz CT molecular complexity index is 429. The van der Waals surface area contributed by atoms with Crippen LogP contribution >= 0.6 is 0 Å². The van der Waals surface area contributed by atoms with E-state index in [1.165, 1.54) is 6.92 Å². The van der Waals surface area contributed by atoms with Crippen LogP contribution in [0.3, 0.4) is 0 Å². The highest BCUT2D eigenvalue weighted by molar-refractivity contribution is 5.88. The van der Waals surface area contributed by atoms with Crippen LogP contribution < -0.4 is 5.32 Å². The van der Waals surface area contributed by atoms with E-state index >= 15 is 0 Å². The SMILES string of the molecule is CCOC(=O)C1=C[C@@H](CCOC(CC)CC)[C@H](CNC(C)=O)CC1. The molecule has 1 aliphatic carbocycles. The minimum Gasteiger partial charge on any atom is -0.463 e. The smallest absolute Gasteiger partial charge is 0.333 e. The predicted octanol–water partition coefficient (Wildman–Crippen LogP) is 3.23. The molecule has 0 unspecified atom stereocenters. The van der Waals surface area contributed by atoms with Crippen LogP contribution in [0.4, 0.5) is 0 Å². The summed E-state index contributed by atoms with van der Waals surface area (Å²) in [7, 11) is 0. The Labute approximate surface area is 146 Å². The second-order valence-corrected chi connectivity index (χ2v) is 6.41. The summed E-state index contributed by atoms with van der Waals surface area (Å²) >= 11 is 0. The van der Waals surface area contributed by atoms with Crippen LogP contribution in [-0.4, -0.2) is 37.7 Å². The molecule has 0 saturated heterocycles. The topological polar surface area (TPSA) is 64.6 Å². The van der Waals surface area contributed by atoms with Crippen molar-refractivity contribution in [2.45, 2.75) is 65.9 Å². The Balaban J connectivity index is 2.68. The molecule has 1 amide bonds. The molecule has 0 aliphatic heterocycles. The van der Waals surface area contributed by atoms with E-state index in [9.17, 15) is 9.59 Å². The number of carbonyl (C=O) groups is 2. The van der Waals surface area contributed by atoms with Gasteiger partial charge in [0.25, 0.3) is 0 Å². The number of ether oxygens (including phenoxy) is 2. The van der Waals surface area contributed by atoms with Gasteiger partial charge in [0.2, 0.25) is 5.91 Å². The molecule has 1 N–H and O–H groups in total. The van der Waals surface area contributed by atoms with Crippen LogP contribution in [0.25, 0.3) is 0 Å². The Hall–Kier alpha value is -1.36. The third-order valence-electron chi connectivity index (χ3n) is 4.67. The molecule has 5 nitrogen and oxygen atoms in total. The normalized spacial score (nSPS) is 20.6. The molecular formula is C19H33NO4. The molecule has 138 valence electrons. The number of esters is 1. The van der Waals surface area contributed by atoms with E-state index < -0.39 is 0 Å². The minimum atomic E-state index is -0.207. The maximum atomic E-state index is 12.0. The van der Waals surface area contributed by atoms with E-state index in [-0.39, 0.29) is 17.8 Å². The molecule has 2 atom stereocenters. The molecule has 1 aliphatic rings. The monoisotopic (exact) mass is 339 g/mol. The third kappa shape index (κ3) is 7.04. The molecule has 0 aromatic rings. The summed E-state index contributed by atoms with van der Waals surface area (Å²) in [6.07, 6.45) is 6.85. The van der Waals surface area contributed by atoms with E-state index in [1.807, 2.05) is 13.0 Å². The predicted molar refractivity (Wildman–Crippen MR) is 94.6 cm³/mol. The van der Waals surface area contributed by atoms with Crippen molar-refractivity contribution >= 4 is 11.9 Å². The number of allylic oxidation sites excluding steroid dienone is 1. The summed E-state index contributed by atoms with van der Waals surface area (Å²) in [5.74, 6) is 0.361. The van der Waals surface area contributed by atoms with Crippen molar-refractivity contribution in [1.29, 1.82) is 0 Å². The van der Waals surface area contributed by atoms with Gasteiger partial charge in [-0.1, -0.05) is 19.9 Å². The average Bonchev–Trinajstić information content (AvgIpc) is 2.57. The summed E-state index contributed by atoms with van der Waals surface area (Å²) in [6.45, 7) is 9.35. The molecule has 0 bridgehead atoms. The zero-order valence-corrected chi connectivity index (χ0v) is 15.6. The van der Waals surface area contributed by atoms with Gasteiger partial charge in [-0.25, -0.2) is 4.79 Å². The Morgan fingerprint density at radius 3 is 2.58 bits per heavy atom. The second-order valence-electron chi connectivity index (χ2n) is 6.41. The van der Waals surface area contributed by atoms with Gasteiger partial charge in [0.1, 0.15) is 0 Å². The first-order valence-electron chi connectivity index (χ1n) is 9.25. The standard InChI is InChI=1S/C19H33NO4/c1-5-18(6-2)24-11-10-15-12-16(19(22)23-7-3)8-9-17(15)13-20-14(4)21/h12,15,17-18H,5-11,13H2,1-4H3,(H,20,21)/t15-,17+/m1/s1. The van der Waals surface area contributed by atoms with Gasteiger partial charge in [-0.2, -0.15) is 0 Å². The van der Waals surface area contributed by atoms with Crippen LogP contribution in [0.2, 0.25) is 0 Å². The van der Waals surface area contributed by atoms with Gasteiger partial charge in [0.05, 0.1) is 12.7 Å². The van der Waals surface area contributed by atoms with Crippen LogP contribution in [-0.2, 0) is 19.1 Å². The number of carbonyl (C=O) groups excluding carboxylic acids is 2. The highest BCUT2D eigenvalue weighted by Gasteiger charge is 2.28. The maximum Gasteiger partial charge on any atom is 0.333 e. The molecule has 0 spiro atoms. The second kappa shape index (κ2) is 11.2. The molecular weight excluding hydrogens is 306 g/mol. The highest BCUT2D eigenvalue weighted by Crippen LogP contribution is 2.31. The fourth-order valence-electron chi connectivity index (χ4n) is 3.17. The van der Waals surface area contributed by atoms with Gasteiger partial charge in [0, 0.05) is 25.6 Å². The molecule has 0 heterocycles. The van der Waals surface area contributed by atoms with Gasteiger partial charge >= 0.3 is 5.97 Å². The lowest BCUT2D eigenvalue weighted by molar-refractivity contribution is -0.139. The third-order valence-corrected chi connectivity index (χ3v) is 4.67. The lowest BCUT2D eigenvalue weighted by Crippen LogP contribution is -2.33. The van der Waals surface area contributed by atoms with E-state index in [2.05, 4.69) is 19.2 Å². The van der Waals surface area contributed by atoms with Gasteiger partial charge in [0.15, 0.2) is 0 Å². The quantitative estimate of drug-likeness (QED) is 0.621. The summed E-state index contributed by atoms with van der Waals surface area (Å²) in [5, 5.41) is 2.91. The Morgan fingerprint density at radius 2 is 2.00 bits per heavy atom. The first-order valence-corrected chi connectivity index (χ1v) is 9.25. The molecule has 0 fully saturated rings. The summed E-state index contributed by atoms with van der Waals surface area (Å²) in [6, 6.07) is 0. The van der Waals surface area contributed by atoms with E-state index in [1.54, 1.807) is 0 Å². The fourth-order valence-corrected chi connectivity index (χ4v) is 3.17. The van der Waals surface area contributed by atoms with Crippen molar-refractivity contribution in [2.24, 2.45) is 11.8 Å². The van der Waals surface area contributed by atoms with Crippen molar-refractivity contribution in [3.63, 3.8) is 0 Å². The van der Waals surface area contributed by atoms with E-state index in [0.29, 0.717) is 38.2 Å². The molecule has 0 saturated carbocycles. The Morgan fingerprint density at radius 1 is 1.29 bits per heavy atom. The summed E-state index contributed by atoms with van der Waals surface area (Å²) < 4.78 is 11.1. The minimum absolute atomic E-state index is 0.0119. The van der Waals surface area contributed by atoms with Crippen LogP contribution in [0.15, 0.2) is 11.6 Å². The zero-order valence-electron chi connectivity index (χ0n) is 15.6. The number of hydrogen-bond acceptors (Lipinski definition) is 4. The van der Waals surface area contributed by atoms with Crippen LogP contribution in [0, 0.1) is 11.8 Å². The summed E-state index contributed by atoms with van der Waals surface area (Å²) in [4.78, 5) is 23.2. The lowest BCUT2D eigenvalue weighted by atomic mass is 9.79. The number of rotatable bonds is 10. The molecule has 0 aromatic carbocycles. The number of amides is 1. The van der Waals surface area contributed by atoms with E-state index in [0.717, 1.165) is 31.3 Å². The van der Waals surface area contributed by atoms with Gasteiger partial charge in [-0.05, 0) is 50.9 Å². The number of hydrogen-bond donors (Lipinski definition) is 1. The van der Waals surface area contributed by atoms with E-state index in [4.69, 9.17) is 9.47 Å². The zero-order chi connectivity index (χ0) is 17.9. The molecule has 5 heteroatoms. The molecule has 24 heavy (non-hydrogen) atoms. The average molecular weight is 339 g/mol. The van der Waals surface area contributed by atoms with Gasteiger partial charge in [-0.15, -0.1) is 0 Å². The maximum absolute atomic E-state index is 12.0. The van der Waals surface area contributed by atoms with Crippen molar-refractivity contribution in [3.8, 4) is 0 Å². The van der Waals surface area contributed by atoms with Gasteiger partial charge < -0.3 is 14.8 Å². The first-order chi connectivity index (χ1) is 11.5. The summed E-state index contributed by atoms with van der Waals surface area (Å²) in [5.41, 5.74) is 0.767. The first kappa shape index (κ1) is 20.7. The lowest BCUT2D eigenvalue weighted by Gasteiger charge is -2.30. The fraction of sp³-hybridized carbons (Fsp3) is 0.789. The van der Waals surface area contributed by atoms with Crippen molar-refractivity contribution in [1.82, 2.24) is 5.32 Å². The van der Waals surface area contributed by atoms with Crippen molar-refractivity contribution in [2.75, 3.05) is 19.8 Å². The largest absolute Gasteiger partial charge is 0.463 e. The highest BCUT2D eigenvalue weighted by atomic mass is 16.5. The molecule has 0 radical (unpaired) electrons. The van der Waals surface area contributed by atoms with Crippen LogP contribution in [0.5, 0.6) is 0 Å². The molecule has 1 rings (SSSR count). The molecule has 0 aromatic heterocycles. The van der Waals surface area contributed by atoms with Crippen molar-refractivity contribution < 1.29 is 19.1 Å². The number of nitrogens with one attached hydrogen (secondary N) is 1. The van der Waals surface area contributed by atoms with Gasteiger partial charge in [-0.3, -0.25) is 4.79 Å².